The first-order valence-electron chi connectivity index (χ1n) is 6.26. The van der Waals surface area contributed by atoms with Crippen molar-refractivity contribution in [2.24, 2.45) is 0 Å². The first kappa shape index (κ1) is 13.7. The number of anilines is 1. The van der Waals surface area contributed by atoms with E-state index >= 15 is 0 Å². The number of hydrogen-bond acceptors (Lipinski definition) is 3. The van der Waals surface area contributed by atoms with E-state index < -0.39 is 0 Å². The van der Waals surface area contributed by atoms with Crippen LogP contribution >= 0.6 is 11.6 Å². The number of ether oxygens (including phenoxy) is 1. The van der Waals surface area contributed by atoms with Crippen molar-refractivity contribution in [1.29, 1.82) is 0 Å². The molecule has 0 aliphatic heterocycles. The van der Waals surface area contributed by atoms with Crippen molar-refractivity contribution in [1.82, 2.24) is 4.98 Å². The zero-order valence-corrected chi connectivity index (χ0v) is 11.8. The predicted molar refractivity (Wildman–Crippen MR) is 78.9 cm³/mol. The molecule has 1 unspecified atom stereocenters. The fraction of sp³-hybridized carbons (Fsp3) is 0.267. The molecule has 100 valence electrons. The van der Waals surface area contributed by atoms with E-state index in [1.54, 1.807) is 13.2 Å². The van der Waals surface area contributed by atoms with Gasteiger partial charge in [-0.3, -0.25) is 0 Å². The average Bonchev–Trinajstić information content (AvgIpc) is 2.45. The molecule has 2 aromatic rings. The molecule has 1 aromatic heterocycles. The van der Waals surface area contributed by atoms with Crippen LogP contribution in [0.4, 0.5) is 5.82 Å². The topological polar surface area (TPSA) is 34.2 Å². The van der Waals surface area contributed by atoms with Crippen molar-refractivity contribution in [3.63, 3.8) is 0 Å². The van der Waals surface area contributed by atoms with E-state index in [-0.39, 0.29) is 6.04 Å². The summed E-state index contributed by atoms with van der Waals surface area (Å²) in [4.78, 5) is 4.26. The van der Waals surface area contributed by atoms with E-state index in [1.165, 1.54) is 0 Å². The number of hydrogen-bond donors (Lipinski definition) is 1. The van der Waals surface area contributed by atoms with Crippen LogP contribution in [0.25, 0.3) is 0 Å². The SMILES string of the molecule is CCC(Nc1cccc(Cl)n1)c1ccccc1OC. The van der Waals surface area contributed by atoms with Gasteiger partial charge >= 0.3 is 0 Å². The summed E-state index contributed by atoms with van der Waals surface area (Å²) in [7, 11) is 1.68. The van der Waals surface area contributed by atoms with E-state index in [9.17, 15) is 0 Å². The van der Waals surface area contributed by atoms with Crippen molar-refractivity contribution >= 4 is 17.4 Å². The first-order chi connectivity index (χ1) is 9.24. The van der Waals surface area contributed by atoms with Crippen LogP contribution in [0, 0.1) is 0 Å². The van der Waals surface area contributed by atoms with Gasteiger partial charge in [0.05, 0.1) is 13.2 Å². The molecule has 1 heterocycles. The van der Waals surface area contributed by atoms with E-state index in [0.29, 0.717) is 5.15 Å². The Morgan fingerprint density at radius 2 is 2.00 bits per heavy atom. The predicted octanol–water partition coefficient (Wildman–Crippen LogP) is 4.31. The number of nitrogens with zero attached hydrogens (tertiary/aromatic N) is 1. The second-order valence-electron chi connectivity index (χ2n) is 4.19. The number of benzene rings is 1. The minimum absolute atomic E-state index is 0.141. The van der Waals surface area contributed by atoms with Gasteiger partial charge in [-0.15, -0.1) is 0 Å². The van der Waals surface area contributed by atoms with E-state index in [0.717, 1.165) is 23.6 Å². The average molecular weight is 277 g/mol. The molecule has 0 saturated heterocycles. The first-order valence-corrected chi connectivity index (χ1v) is 6.64. The largest absolute Gasteiger partial charge is 0.496 e. The van der Waals surface area contributed by atoms with Crippen molar-refractivity contribution in [2.45, 2.75) is 19.4 Å². The summed E-state index contributed by atoms with van der Waals surface area (Å²) in [5.41, 5.74) is 1.12. The van der Waals surface area contributed by atoms with Gasteiger partial charge in [-0.25, -0.2) is 4.98 Å². The molecule has 19 heavy (non-hydrogen) atoms. The summed E-state index contributed by atoms with van der Waals surface area (Å²) < 4.78 is 5.40. The Hall–Kier alpha value is -1.74. The van der Waals surface area contributed by atoms with E-state index in [4.69, 9.17) is 16.3 Å². The van der Waals surface area contributed by atoms with Crippen LogP contribution < -0.4 is 10.1 Å². The zero-order valence-electron chi connectivity index (χ0n) is 11.1. The summed E-state index contributed by atoms with van der Waals surface area (Å²) >= 11 is 5.90. The normalized spacial score (nSPS) is 11.9. The number of aromatic nitrogens is 1. The molecule has 4 heteroatoms. The molecular weight excluding hydrogens is 260 g/mol. The van der Waals surface area contributed by atoms with Crippen molar-refractivity contribution in [3.8, 4) is 5.75 Å². The van der Waals surface area contributed by atoms with Crippen LogP contribution in [0.15, 0.2) is 42.5 Å². The van der Waals surface area contributed by atoms with Crippen LogP contribution in [0.2, 0.25) is 5.15 Å². The Labute approximate surface area is 118 Å². The maximum Gasteiger partial charge on any atom is 0.131 e. The third kappa shape index (κ3) is 3.38. The van der Waals surface area contributed by atoms with Gasteiger partial charge in [0.25, 0.3) is 0 Å². The Balaban J connectivity index is 2.25. The van der Waals surface area contributed by atoms with Gasteiger partial charge in [0.1, 0.15) is 16.7 Å². The molecule has 0 radical (unpaired) electrons. The van der Waals surface area contributed by atoms with Gasteiger partial charge in [-0.1, -0.05) is 42.8 Å². The zero-order chi connectivity index (χ0) is 13.7. The molecule has 0 bridgehead atoms. The minimum Gasteiger partial charge on any atom is -0.496 e. The monoisotopic (exact) mass is 276 g/mol. The lowest BCUT2D eigenvalue weighted by Gasteiger charge is -2.20. The summed E-state index contributed by atoms with van der Waals surface area (Å²) in [6.45, 7) is 2.12. The number of methoxy groups -OCH3 is 1. The fourth-order valence-electron chi connectivity index (χ4n) is 2.02. The van der Waals surface area contributed by atoms with E-state index in [1.807, 2.05) is 30.3 Å². The molecule has 0 spiro atoms. The van der Waals surface area contributed by atoms with Crippen LogP contribution in [-0.4, -0.2) is 12.1 Å². The van der Waals surface area contributed by atoms with E-state index in [2.05, 4.69) is 23.3 Å². The minimum atomic E-state index is 0.141. The second kappa shape index (κ2) is 6.43. The standard InChI is InChI=1S/C15H17ClN2O/c1-3-12(11-7-4-5-8-13(11)19-2)17-15-10-6-9-14(16)18-15/h4-10,12H,3H2,1-2H3,(H,17,18). The Morgan fingerprint density at radius 1 is 1.21 bits per heavy atom. The highest BCUT2D eigenvalue weighted by atomic mass is 35.5. The van der Waals surface area contributed by atoms with Gasteiger partial charge in [0.2, 0.25) is 0 Å². The molecule has 1 N–H and O–H groups in total. The molecule has 3 nitrogen and oxygen atoms in total. The van der Waals surface area contributed by atoms with Crippen molar-refractivity contribution < 1.29 is 4.74 Å². The summed E-state index contributed by atoms with van der Waals surface area (Å²) in [6.07, 6.45) is 0.925. The highest BCUT2D eigenvalue weighted by Crippen LogP contribution is 2.29. The number of para-hydroxylation sites is 1. The number of pyridine rings is 1. The molecule has 0 fully saturated rings. The third-order valence-corrected chi connectivity index (χ3v) is 3.17. The lowest BCUT2D eigenvalue weighted by molar-refractivity contribution is 0.406. The van der Waals surface area contributed by atoms with Crippen LogP contribution in [0.5, 0.6) is 5.75 Å². The molecule has 1 aromatic carbocycles. The van der Waals surface area contributed by atoms with Gasteiger partial charge < -0.3 is 10.1 Å². The maximum atomic E-state index is 5.90. The molecule has 2 rings (SSSR count). The third-order valence-electron chi connectivity index (χ3n) is 2.96. The number of rotatable bonds is 5. The van der Waals surface area contributed by atoms with Crippen LogP contribution in [-0.2, 0) is 0 Å². The highest BCUT2D eigenvalue weighted by molar-refractivity contribution is 6.29. The van der Waals surface area contributed by atoms with Gasteiger partial charge in [0, 0.05) is 5.56 Å². The molecular formula is C15H17ClN2O. The molecule has 0 aliphatic carbocycles. The molecule has 1 atom stereocenters. The Morgan fingerprint density at radius 3 is 2.68 bits per heavy atom. The highest BCUT2D eigenvalue weighted by Gasteiger charge is 2.14. The maximum absolute atomic E-state index is 5.90. The quantitative estimate of drug-likeness (QED) is 0.827. The number of nitrogens with one attached hydrogen (secondary N) is 1. The van der Waals surface area contributed by atoms with Gasteiger partial charge in [0.15, 0.2) is 0 Å². The van der Waals surface area contributed by atoms with Gasteiger partial charge in [-0.2, -0.15) is 0 Å². The van der Waals surface area contributed by atoms with Crippen molar-refractivity contribution in [2.75, 3.05) is 12.4 Å². The smallest absolute Gasteiger partial charge is 0.131 e. The molecule has 0 amide bonds. The summed E-state index contributed by atoms with van der Waals surface area (Å²) in [5, 5.41) is 3.87. The van der Waals surface area contributed by atoms with Crippen LogP contribution in [0.1, 0.15) is 24.9 Å². The second-order valence-corrected chi connectivity index (χ2v) is 4.58. The summed E-state index contributed by atoms with van der Waals surface area (Å²) in [5.74, 6) is 1.65. The lowest BCUT2D eigenvalue weighted by Crippen LogP contribution is -2.11. The Kier molecular flexibility index (Phi) is 4.63. The van der Waals surface area contributed by atoms with Crippen LogP contribution in [0.3, 0.4) is 0 Å². The molecule has 0 aliphatic rings. The van der Waals surface area contributed by atoms with Gasteiger partial charge in [-0.05, 0) is 24.6 Å². The number of halogens is 1. The fourth-order valence-corrected chi connectivity index (χ4v) is 2.18. The van der Waals surface area contributed by atoms with Crippen molar-refractivity contribution in [3.05, 3.63) is 53.2 Å². The Bertz CT molecular complexity index is 545. The lowest BCUT2D eigenvalue weighted by atomic mass is 10.0. The summed E-state index contributed by atoms with van der Waals surface area (Å²) in [6, 6.07) is 13.7. The molecule has 0 saturated carbocycles.